The van der Waals surface area contributed by atoms with Gasteiger partial charge in [-0.3, -0.25) is 4.79 Å². The van der Waals surface area contributed by atoms with E-state index in [0.29, 0.717) is 6.42 Å². The van der Waals surface area contributed by atoms with Gasteiger partial charge in [0.15, 0.2) is 5.78 Å². The van der Waals surface area contributed by atoms with E-state index in [1.54, 1.807) is 0 Å². The average molecular weight is 328 g/mol. The van der Waals surface area contributed by atoms with Crippen molar-refractivity contribution in [3.05, 3.63) is 70.3 Å². The average Bonchev–Trinajstić information content (AvgIpc) is 2.89. The zero-order chi connectivity index (χ0) is 13.9. The van der Waals surface area contributed by atoms with Crippen molar-refractivity contribution in [2.75, 3.05) is 0 Å². The van der Waals surface area contributed by atoms with Gasteiger partial charge in [0.2, 0.25) is 0 Å². The fraction of sp³-hybridized carbons (Fsp3) is 0.118. The van der Waals surface area contributed by atoms with Gasteiger partial charge in [-0.25, -0.2) is 0 Å². The van der Waals surface area contributed by atoms with E-state index in [1.807, 2.05) is 42.6 Å². The van der Waals surface area contributed by atoms with Crippen molar-refractivity contribution in [3.8, 4) is 0 Å². The minimum Gasteiger partial charge on any atom is -0.360 e. The molecule has 0 saturated heterocycles. The highest BCUT2D eigenvalue weighted by atomic mass is 79.9. The Morgan fingerprint density at radius 3 is 2.70 bits per heavy atom. The molecule has 0 bridgehead atoms. The van der Waals surface area contributed by atoms with Crippen molar-refractivity contribution in [2.45, 2.75) is 12.8 Å². The zero-order valence-corrected chi connectivity index (χ0v) is 12.5. The molecule has 0 unspecified atom stereocenters. The third-order valence-corrected chi connectivity index (χ3v) is 3.92. The van der Waals surface area contributed by atoms with E-state index >= 15 is 0 Å². The highest BCUT2D eigenvalue weighted by Crippen LogP contribution is 2.24. The summed E-state index contributed by atoms with van der Waals surface area (Å²) in [5.41, 5.74) is 2.97. The predicted molar refractivity (Wildman–Crippen MR) is 85.1 cm³/mol. The number of rotatable bonds is 4. The number of H-pyrrole nitrogens is 1. The maximum Gasteiger partial charge on any atom is 0.165 e. The standard InChI is InChI=1S/C17H14BrNO/c18-13-7-8-16-14(10-13)15(11-19-16)17(20)9-6-12-4-2-1-3-5-12/h1-5,7-8,10-11,19H,6,9H2. The molecule has 0 amide bonds. The number of aromatic nitrogens is 1. The molecule has 1 heterocycles. The lowest BCUT2D eigenvalue weighted by atomic mass is 10.0. The van der Waals surface area contributed by atoms with Gasteiger partial charge in [-0.2, -0.15) is 0 Å². The van der Waals surface area contributed by atoms with Crippen molar-refractivity contribution < 1.29 is 4.79 Å². The maximum atomic E-state index is 12.4. The quantitative estimate of drug-likeness (QED) is 0.689. The van der Waals surface area contributed by atoms with Crippen LogP contribution in [-0.2, 0) is 6.42 Å². The first-order chi connectivity index (χ1) is 9.74. The van der Waals surface area contributed by atoms with Gasteiger partial charge in [-0.05, 0) is 30.2 Å². The third kappa shape index (κ3) is 2.68. The van der Waals surface area contributed by atoms with Gasteiger partial charge in [0, 0.05) is 33.6 Å². The number of Topliss-reactive ketones (excluding diaryl/α,β-unsaturated/α-hetero) is 1. The van der Waals surface area contributed by atoms with Gasteiger partial charge >= 0.3 is 0 Å². The first-order valence-electron chi connectivity index (χ1n) is 6.58. The molecule has 3 aromatic rings. The largest absolute Gasteiger partial charge is 0.360 e. The summed E-state index contributed by atoms with van der Waals surface area (Å²) < 4.78 is 0.988. The molecule has 0 aliphatic heterocycles. The fourth-order valence-electron chi connectivity index (χ4n) is 2.36. The summed E-state index contributed by atoms with van der Waals surface area (Å²) in [5.74, 6) is 0.179. The monoisotopic (exact) mass is 327 g/mol. The smallest absolute Gasteiger partial charge is 0.165 e. The second-order valence-electron chi connectivity index (χ2n) is 4.80. The molecule has 3 rings (SSSR count). The van der Waals surface area contributed by atoms with E-state index in [-0.39, 0.29) is 5.78 Å². The summed E-state index contributed by atoms with van der Waals surface area (Å²) in [4.78, 5) is 15.5. The summed E-state index contributed by atoms with van der Waals surface area (Å²) in [7, 11) is 0. The second kappa shape index (κ2) is 5.63. The van der Waals surface area contributed by atoms with Crippen molar-refractivity contribution in [1.29, 1.82) is 0 Å². The summed E-state index contributed by atoms with van der Waals surface area (Å²) in [6.07, 6.45) is 3.12. The number of aromatic amines is 1. The molecular weight excluding hydrogens is 314 g/mol. The lowest BCUT2D eigenvalue weighted by Gasteiger charge is -2.01. The van der Waals surface area contributed by atoms with Crippen molar-refractivity contribution >= 4 is 32.6 Å². The number of aryl methyl sites for hydroxylation is 1. The van der Waals surface area contributed by atoms with E-state index < -0.39 is 0 Å². The highest BCUT2D eigenvalue weighted by Gasteiger charge is 2.12. The Labute approximate surface area is 126 Å². The fourth-order valence-corrected chi connectivity index (χ4v) is 2.72. The lowest BCUT2D eigenvalue weighted by Crippen LogP contribution is -2.00. The molecule has 20 heavy (non-hydrogen) atoms. The minimum atomic E-state index is 0.179. The lowest BCUT2D eigenvalue weighted by molar-refractivity contribution is 0.0984. The highest BCUT2D eigenvalue weighted by molar-refractivity contribution is 9.10. The van der Waals surface area contributed by atoms with Crippen LogP contribution < -0.4 is 0 Å². The van der Waals surface area contributed by atoms with Crippen LogP contribution in [0.1, 0.15) is 22.3 Å². The molecular formula is C17H14BrNO. The number of hydrogen-bond acceptors (Lipinski definition) is 1. The Balaban J connectivity index is 1.80. The molecule has 0 spiro atoms. The first kappa shape index (κ1) is 13.1. The molecule has 0 radical (unpaired) electrons. The number of hydrogen-bond donors (Lipinski definition) is 1. The molecule has 1 N–H and O–H groups in total. The van der Waals surface area contributed by atoms with Crippen LogP contribution in [0, 0.1) is 0 Å². The Morgan fingerprint density at radius 1 is 1.10 bits per heavy atom. The molecule has 3 heteroatoms. The Kier molecular flexibility index (Phi) is 3.70. The number of halogens is 1. The van der Waals surface area contributed by atoms with Gasteiger partial charge in [0.25, 0.3) is 0 Å². The Bertz CT molecular complexity index is 746. The van der Waals surface area contributed by atoms with Crippen LogP contribution >= 0.6 is 15.9 Å². The normalized spacial score (nSPS) is 10.8. The van der Waals surface area contributed by atoms with E-state index in [4.69, 9.17) is 0 Å². The summed E-state index contributed by atoms with van der Waals surface area (Å²) >= 11 is 3.45. The second-order valence-corrected chi connectivity index (χ2v) is 5.72. The SMILES string of the molecule is O=C(CCc1ccccc1)c1c[nH]c2ccc(Br)cc12. The number of carbonyl (C=O) groups excluding carboxylic acids is 1. The Hall–Kier alpha value is -1.87. The molecule has 0 aliphatic rings. The molecule has 100 valence electrons. The number of ketones is 1. The Morgan fingerprint density at radius 2 is 1.90 bits per heavy atom. The van der Waals surface area contributed by atoms with E-state index in [2.05, 4.69) is 33.0 Å². The van der Waals surface area contributed by atoms with E-state index in [0.717, 1.165) is 27.4 Å². The van der Waals surface area contributed by atoms with Crippen LogP contribution in [0.5, 0.6) is 0 Å². The summed E-state index contributed by atoms with van der Waals surface area (Å²) in [6, 6.07) is 16.0. The van der Waals surface area contributed by atoms with Crippen LogP contribution in [-0.4, -0.2) is 10.8 Å². The number of nitrogens with one attached hydrogen (secondary N) is 1. The number of benzene rings is 2. The van der Waals surface area contributed by atoms with Gasteiger partial charge in [0.1, 0.15) is 0 Å². The predicted octanol–water partition coefficient (Wildman–Crippen LogP) is 4.75. The minimum absolute atomic E-state index is 0.179. The van der Waals surface area contributed by atoms with Crippen LogP contribution in [0.25, 0.3) is 10.9 Å². The molecule has 2 aromatic carbocycles. The molecule has 0 fully saturated rings. The first-order valence-corrected chi connectivity index (χ1v) is 7.37. The third-order valence-electron chi connectivity index (χ3n) is 3.43. The maximum absolute atomic E-state index is 12.4. The van der Waals surface area contributed by atoms with Crippen molar-refractivity contribution in [3.63, 3.8) is 0 Å². The van der Waals surface area contributed by atoms with Gasteiger partial charge < -0.3 is 4.98 Å². The summed E-state index contributed by atoms with van der Waals surface area (Å²) in [5, 5.41) is 0.984. The molecule has 0 aliphatic carbocycles. The van der Waals surface area contributed by atoms with Crippen LogP contribution in [0.15, 0.2) is 59.2 Å². The topological polar surface area (TPSA) is 32.9 Å². The van der Waals surface area contributed by atoms with Gasteiger partial charge in [-0.1, -0.05) is 46.3 Å². The van der Waals surface area contributed by atoms with Gasteiger partial charge in [0.05, 0.1) is 0 Å². The van der Waals surface area contributed by atoms with Gasteiger partial charge in [-0.15, -0.1) is 0 Å². The summed E-state index contributed by atoms with van der Waals surface area (Å²) in [6.45, 7) is 0. The van der Waals surface area contributed by atoms with Crippen LogP contribution in [0.3, 0.4) is 0 Å². The van der Waals surface area contributed by atoms with E-state index in [9.17, 15) is 4.79 Å². The number of carbonyl (C=O) groups is 1. The number of fused-ring (bicyclic) bond motifs is 1. The molecule has 0 atom stereocenters. The van der Waals surface area contributed by atoms with Crippen molar-refractivity contribution in [2.24, 2.45) is 0 Å². The molecule has 2 nitrogen and oxygen atoms in total. The zero-order valence-electron chi connectivity index (χ0n) is 10.9. The van der Waals surface area contributed by atoms with Crippen LogP contribution in [0.2, 0.25) is 0 Å². The van der Waals surface area contributed by atoms with Crippen molar-refractivity contribution in [1.82, 2.24) is 4.98 Å². The van der Waals surface area contributed by atoms with Crippen LogP contribution in [0.4, 0.5) is 0 Å². The van der Waals surface area contributed by atoms with E-state index in [1.165, 1.54) is 5.56 Å². The molecule has 1 aromatic heterocycles. The molecule has 0 saturated carbocycles.